The SMILES string of the molecule is CCN(CC)C(=S)P(=O)(N(CC)CC)N(CC)CC. The molecule has 114 valence electrons. The third kappa shape index (κ3) is 4.01. The largest absolute Gasteiger partial charge is 0.358 e. The van der Waals surface area contributed by atoms with Gasteiger partial charge in [0.15, 0.2) is 4.73 Å². The van der Waals surface area contributed by atoms with Crippen LogP contribution in [0, 0.1) is 0 Å². The number of thiocarbonyl (C=S) groups is 1. The van der Waals surface area contributed by atoms with Crippen LogP contribution in [-0.2, 0) is 4.57 Å². The Morgan fingerprint density at radius 3 is 1.32 bits per heavy atom. The predicted molar refractivity (Wildman–Crippen MR) is 89.0 cm³/mol. The van der Waals surface area contributed by atoms with Gasteiger partial charge in [0.2, 0.25) is 0 Å². The number of nitrogens with zero attached hydrogens (tertiary/aromatic N) is 3. The molecule has 0 aromatic carbocycles. The van der Waals surface area contributed by atoms with Gasteiger partial charge in [-0.05, 0) is 13.8 Å². The molecule has 0 saturated heterocycles. The Morgan fingerprint density at radius 2 is 1.11 bits per heavy atom. The van der Waals surface area contributed by atoms with Crippen molar-refractivity contribution in [2.75, 3.05) is 39.3 Å². The Labute approximate surface area is 124 Å². The Bertz CT molecular complexity index is 297. The van der Waals surface area contributed by atoms with Crippen LogP contribution in [0.15, 0.2) is 0 Å². The van der Waals surface area contributed by atoms with E-state index in [-0.39, 0.29) is 0 Å². The van der Waals surface area contributed by atoms with Crippen LogP contribution >= 0.6 is 19.7 Å². The molecule has 0 unspecified atom stereocenters. The lowest BCUT2D eigenvalue weighted by Gasteiger charge is -2.40. The topological polar surface area (TPSA) is 26.8 Å². The smallest absolute Gasteiger partial charge is 0.272 e. The fraction of sp³-hybridized carbons (Fsp3) is 0.923. The summed E-state index contributed by atoms with van der Waals surface area (Å²) in [6.07, 6.45) is 0. The number of hydrogen-bond acceptors (Lipinski definition) is 2. The van der Waals surface area contributed by atoms with Crippen molar-refractivity contribution in [3.05, 3.63) is 0 Å². The molecule has 0 saturated carbocycles. The molecule has 0 aromatic heterocycles. The molecule has 4 nitrogen and oxygen atoms in total. The maximum absolute atomic E-state index is 13.7. The summed E-state index contributed by atoms with van der Waals surface area (Å²) >= 11 is 5.61. The van der Waals surface area contributed by atoms with Crippen LogP contribution in [0.4, 0.5) is 0 Å². The average Bonchev–Trinajstić information content (AvgIpc) is 2.42. The van der Waals surface area contributed by atoms with E-state index < -0.39 is 7.44 Å². The molecule has 0 radical (unpaired) electrons. The second-order valence-corrected chi connectivity index (χ2v) is 7.61. The summed E-state index contributed by atoms with van der Waals surface area (Å²) in [5.41, 5.74) is 0. The van der Waals surface area contributed by atoms with Gasteiger partial charge in [-0.15, -0.1) is 0 Å². The molecule has 0 rings (SSSR count). The van der Waals surface area contributed by atoms with Crippen molar-refractivity contribution in [2.24, 2.45) is 0 Å². The van der Waals surface area contributed by atoms with Gasteiger partial charge in [-0.3, -0.25) is 4.57 Å². The lowest BCUT2D eigenvalue weighted by Crippen LogP contribution is -2.41. The molecule has 6 heteroatoms. The molecular formula is C13H30N3OPS. The lowest BCUT2D eigenvalue weighted by atomic mass is 10.6. The van der Waals surface area contributed by atoms with Crippen molar-refractivity contribution in [1.82, 2.24) is 14.2 Å². The van der Waals surface area contributed by atoms with Gasteiger partial charge < -0.3 is 4.90 Å². The first-order valence-corrected chi connectivity index (χ1v) is 9.39. The van der Waals surface area contributed by atoms with Gasteiger partial charge in [-0.25, -0.2) is 9.34 Å². The van der Waals surface area contributed by atoms with Crippen molar-refractivity contribution >= 4 is 24.4 Å². The van der Waals surface area contributed by atoms with E-state index in [1.54, 1.807) is 0 Å². The second kappa shape index (κ2) is 9.06. The highest BCUT2D eigenvalue weighted by Crippen LogP contribution is 2.55. The molecular weight excluding hydrogens is 277 g/mol. The fourth-order valence-electron chi connectivity index (χ4n) is 2.31. The van der Waals surface area contributed by atoms with E-state index >= 15 is 0 Å². The molecule has 0 amide bonds. The molecule has 0 fully saturated rings. The molecule has 0 spiro atoms. The predicted octanol–water partition coefficient (Wildman–Crippen LogP) is 3.49. The first-order valence-electron chi connectivity index (χ1n) is 7.37. The van der Waals surface area contributed by atoms with E-state index in [4.69, 9.17) is 12.2 Å². The molecule has 0 aliphatic rings. The molecule has 0 heterocycles. The summed E-state index contributed by atoms with van der Waals surface area (Å²) < 4.78 is 18.3. The standard InChI is InChI=1S/C13H30N3OPS/c1-7-14(8-2)13(19)18(17,15(9-3)10-4)16(11-5)12-6/h7-12H2,1-6H3. The first-order chi connectivity index (χ1) is 8.97. The molecule has 0 aromatic rings. The zero-order valence-electron chi connectivity index (χ0n) is 13.3. The number of hydrogen-bond donors (Lipinski definition) is 0. The summed E-state index contributed by atoms with van der Waals surface area (Å²) in [5, 5.41) is 0. The summed E-state index contributed by atoms with van der Waals surface area (Å²) in [4.78, 5) is 2.05. The van der Waals surface area contributed by atoms with E-state index in [0.29, 0.717) is 4.73 Å². The highest BCUT2D eigenvalue weighted by atomic mass is 32.1. The summed E-state index contributed by atoms with van der Waals surface area (Å²) in [5.74, 6) is 0. The quantitative estimate of drug-likeness (QED) is 0.480. The van der Waals surface area contributed by atoms with Crippen molar-refractivity contribution < 1.29 is 4.57 Å². The van der Waals surface area contributed by atoms with E-state index in [0.717, 1.165) is 39.3 Å². The second-order valence-electron chi connectivity index (χ2n) is 4.28. The third-order valence-electron chi connectivity index (χ3n) is 3.51. The molecule has 0 N–H and O–H groups in total. The van der Waals surface area contributed by atoms with Crippen LogP contribution in [0.1, 0.15) is 41.5 Å². The van der Waals surface area contributed by atoms with Crippen LogP contribution in [0.25, 0.3) is 0 Å². The summed E-state index contributed by atoms with van der Waals surface area (Å²) in [6.45, 7) is 16.9. The number of rotatable bonds is 9. The normalized spacial score (nSPS) is 12.2. The van der Waals surface area contributed by atoms with Crippen molar-refractivity contribution in [3.8, 4) is 0 Å². The fourth-order valence-corrected chi connectivity index (χ4v) is 6.29. The molecule has 0 atom stereocenters. The first kappa shape index (κ1) is 19.0. The zero-order valence-corrected chi connectivity index (χ0v) is 15.1. The highest BCUT2D eigenvalue weighted by molar-refractivity contribution is 7.99. The Morgan fingerprint density at radius 1 is 0.789 bits per heavy atom. The maximum atomic E-state index is 13.7. The van der Waals surface area contributed by atoms with Crippen molar-refractivity contribution in [1.29, 1.82) is 0 Å². The van der Waals surface area contributed by atoms with Crippen LogP contribution in [-0.4, -0.2) is 58.2 Å². The molecule has 0 aliphatic carbocycles. The van der Waals surface area contributed by atoms with Gasteiger partial charge in [0.05, 0.1) is 0 Å². The van der Waals surface area contributed by atoms with E-state index in [1.807, 2.05) is 41.9 Å². The minimum Gasteiger partial charge on any atom is -0.358 e. The van der Waals surface area contributed by atoms with Crippen molar-refractivity contribution in [3.63, 3.8) is 0 Å². The maximum Gasteiger partial charge on any atom is 0.272 e. The van der Waals surface area contributed by atoms with Crippen LogP contribution in [0.3, 0.4) is 0 Å². The Kier molecular flexibility index (Phi) is 9.08. The van der Waals surface area contributed by atoms with Gasteiger partial charge in [0, 0.05) is 39.3 Å². The molecule has 0 aliphatic heterocycles. The lowest BCUT2D eigenvalue weighted by molar-refractivity contribution is 0.364. The van der Waals surface area contributed by atoms with E-state index in [2.05, 4.69) is 13.8 Å². The minimum atomic E-state index is -2.80. The van der Waals surface area contributed by atoms with Gasteiger partial charge >= 0.3 is 0 Å². The van der Waals surface area contributed by atoms with Gasteiger partial charge in [-0.2, -0.15) is 0 Å². The minimum absolute atomic E-state index is 0.616. The molecule has 0 bridgehead atoms. The summed E-state index contributed by atoms with van der Waals surface area (Å²) in [6, 6.07) is 0. The Balaban J connectivity index is 5.62. The van der Waals surface area contributed by atoms with Crippen molar-refractivity contribution in [2.45, 2.75) is 41.5 Å². The average molecular weight is 307 g/mol. The molecule has 19 heavy (non-hydrogen) atoms. The monoisotopic (exact) mass is 307 g/mol. The van der Waals surface area contributed by atoms with Crippen LogP contribution in [0.2, 0.25) is 0 Å². The highest BCUT2D eigenvalue weighted by Gasteiger charge is 2.40. The zero-order chi connectivity index (χ0) is 15.1. The van der Waals surface area contributed by atoms with Crippen LogP contribution in [0.5, 0.6) is 0 Å². The van der Waals surface area contributed by atoms with Crippen LogP contribution < -0.4 is 0 Å². The summed E-state index contributed by atoms with van der Waals surface area (Å²) in [7, 11) is -2.80. The van der Waals surface area contributed by atoms with E-state index in [1.165, 1.54) is 0 Å². The van der Waals surface area contributed by atoms with Gasteiger partial charge in [0.25, 0.3) is 7.44 Å². The van der Waals surface area contributed by atoms with Gasteiger partial charge in [0.1, 0.15) is 0 Å². The Hall–Kier alpha value is 0.0400. The third-order valence-corrected chi connectivity index (χ3v) is 7.93. The van der Waals surface area contributed by atoms with Gasteiger partial charge in [-0.1, -0.05) is 39.9 Å². The van der Waals surface area contributed by atoms with E-state index in [9.17, 15) is 4.57 Å².